The topological polar surface area (TPSA) is 34.1 Å². The predicted molar refractivity (Wildman–Crippen MR) is 101 cm³/mol. The molecule has 0 saturated carbocycles. The lowest BCUT2D eigenvalue weighted by Crippen LogP contribution is -2.02. The van der Waals surface area contributed by atoms with Crippen LogP contribution in [0.4, 0.5) is 10.8 Å². The number of thiazole rings is 1. The summed E-state index contributed by atoms with van der Waals surface area (Å²) in [5, 5.41) is 5.34. The maximum Gasteiger partial charge on any atom is 0.188 e. The number of hydrogen-bond donors (Lipinski definition) is 1. The van der Waals surface area contributed by atoms with Crippen molar-refractivity contribution in [2.24, 2.45) is 0 Å². The first kappa shape index (κ1) is 15.8. The number of ether oxygens (including phenoxy) is 1. The van der Waals surface area contributed by atoms with E-state index < -0.39 is 0 Å². The molecule has 0 aliphatic heterocycles. The summed E-state index contributed by atoms with van der Waals surface area (Å²) in [6.45, 7) is 0. The number of nitrogens with one attached hydrogen (secondary N) is 1. The number of methoxy groups -OCH3 is 1. The molecule has 0 saturated heterocycles. The molecule has 0 fully saturated rings. The summed E-state index contributed by atoms with van der Waals surface area (Å²) in [7, 11) is 1.69. The summed E-state index contributed by atoms with van der Waals surface area (Å²) in [5.41, 5.74) is 4.32. The van der Waals surface area contributed by atoms with E-state index in [0.29, 0.717) is 10.0 Å². The average Bonchev–Trinajstić information content (AvgIpc) is 3.00. The molecule has 0 amide bonds. The minimum absolute atomic E-state index is 0.584. The SMILES string of the molecule is COc1ccc2c(c1)CCc1sc(Nc3ccc(Cl)cc3Cl)nc1-2. The highest BCUT2D eigenvalue weighted by molar-refractivity contribution is 7.16. The number of halogens is 2. The fourth-order valence-corrected chi connectivity index (χ4v) is 4.32. The molecule has 0 radical (unpaired) electrons. The van der Waals surface area contributed by atoms with Gasteiger partial charge in [0.1, 0.15) is 5.75 Å². The van der Waals surface area contributed by atoms with Crippen LogP contribution in [-0.2, 0) is 12.8 Å². The molecular weight excluding hydrogens is 363 g/mol. The second-order valence-corrected chi connectivity index (χ2v) is 7.49. The molecule has 4 rings (SSSR count). The van der Waals surface area contributed by atoms with Gasteiger partial charge in [-0.3, -0.25) is 0 Å². The van der Waals surface area contributed by atoms with Crippen molar-refractivity contribution in [3.8, 4) is 17.0 Å². The summed E-state index contributed by atoms with van der Waals surface area (Å²) in [5.74, 6) is 0.888. The predicted octanol–water partition coefficient (Wildman–Crippen LogP) is 5.97. The molecule has 3 aromatic rings. The molecule has 0 bridgehead atoms. The Hall–Kier alpha value is -1.75. The summed E-state index contributed by atoms with van der Waals surface area (Å²) < 4.78 is 5.32. The molecule has 6 heteroatoms. The van der Waals surface area contributed by atoms with E-state index in [4.69, 9.17) is 32.9 Å². The van der Waals surface area contributed by atoms with Crippen LogP contribution >= 0.6 is 34.5 Å². The number of fused-ring (bicyclic) bond motifs is 3. The highest BCUT2D eigenvalue weighted by Gasteiger charge is 2.21. The van der Waals surface area contributed by atoms with E-state index in [-0.39, 0.29) is 0 Å². The maximum atomic E-state index is 6.24. The van der Waals surface area contributed by atoms with Crippen LogP contribution in [-0.4, -0.2) is 12.1 Å². The van der Waals surface area contributed by atoms with Crippen molar-refractivity contribution >= 4 is 45.4 Å². The Bertz CT molecular complexity index is 923. The van der Waals surface area contributed by atoms with E-state index in [9.17, 15) is 0 Å². The molecule has 1 aromatic heterocycles. The van der Waals surface area contributed by atoms with Crippen molar-refractivity contribution in [3.05, 3.63) is 56.9 Å². The van der Waals surface area contributed by atoms with Crippen molar-refractivity contribution in [1.82, 2.24) is 4.98 Å². The van der Waals surface area contributed by atoms with Gasteiger partial charge >= 0.3 is 0 Å². The van der Waals surface area contributed by atoms with Crippen molar-refractivity contribution in [1.29, 1.82) is 0 Å². The molecule has 122 valence electrons. The van der Waals surface area contributed by atoms with Gasteiger partial charge in [0, 0.05) is 15.5 Å². The van der Waals surface area contributed by atoms with Crippen LogP contribution in [0.5, 0.6) is 5.75 Å². The van der Waals surface area contributed by atoms with Crippen molar-refractivity contribution in [3.63, 3.8) is 0 Å². The molecule has 1 aliphatic carbocycles. The first-order valence-corrected chi connectivity index (χ1v) is 9.10. The zero-order chi connectivity index (χ0) is 16.7. The fraction of sp³-hybridized carbons (Fsp3) is 0.167. The Morgan fingerprint density at radius 2 is 2.00 bits per heavy atom. The van der Waals surface area contributed by atoms with Gasteiger partial charge in [0.05, 0.1) is 23.5 Å². The van der Waals surface area contributed by atoms with E-state index in [1.54, 1.807) is 24.5 Å². The Kier molecular flexibility index (Phi) is 4.12. The molecule has 24 heavy (non-hydrogen) atoms. The number of rotatable bonds is 3. The van der Waals surface area contributed by atoms with Gasteiger partial charge in [-0.15, -0.1) is 11.3 Å². The summed E-state index contributed by atoms with van der Waals surface area (Å²) >= 11 is 13.9. The van der Waals surface area contributed by atoms with Gasteiger partial charge in [0.25, 0.3) is 0 Å². The van der Waals surface area contributed by atoms with E-state index in [1.807, 2.05) is 18.2 Å². The van der Waals surface area contributed by atoms with Crippen LogP contribution in [0, 0.1) is 0 Å². The molecule has 1 aliphatic rings. The number of aromatic nitrogens is 1. The summed E-state index contributed by atoms with van der Waals surface area (Å²) in [6, 6.07) is 11.6. The lowest BCUT2D eigenvalue weighted by molar-refractivity contribution is 0.414. The third kappa shape index (κ3) is 2.86. The second kappa shape index (κ2) is 6.28. The van der Waals surface area contributed by atoms with E-state index in [0.717, 1.165) is 35.1 Å². The highest BCUT2D eigenvalue weighted by atomic mass is 35.5. The van der Waals surface area contributed by atoms with Crippen LogP contribution < -0.4 is 10.1 Å². The van der Waals surface area contributed by atoms with E-state index in [1.165, 1.54) is 16.0 Å². The van der Waals surface area contributed by atoms with Crippen LogP contribution in [0.25, 0.3) is 11.3 Å². The number of aryl methyl sites for hydroxylation is 2. The molecular formula is C18H14Cl2N2OS. The number of benzene rings is 2. The first-order chi connectivity index (χ1) is 11.6. The molecule has 0 unspecified atom stereocenters. The fourth-order valence-electron chi connectivity index (χ4n) is 2.87. The van der Waals surface area contributed by atoms with Gasteiger partial charge in [-0.25, -0.2) is 4.98 Å². The normalized spacial score (nSPS) is 12.5. The van der Waals surface area contributed by atoms with Gasteiger partial charge in [0.15, 0.2) is 5.13 Å². The number of nitrogens with zero attached hydrogens (tertiary/aromatic N) is 1. The molecule has 1 N–H and O–H groups in total. The first-order valence-electron chi connectivity index (χ1n) is 7.53. The van der Waals surface area contributed by atoms with E-state index in [2.05, 4.69) is 17.4 Å². The van der Waals surface area contributed by atoms with Gasteiger partial charge in [-0.1, -0.05) is 23.2 Å². The Morgan fingerprint density at radius 1 is 1.12 bits per heavy atom. The largest absolute Gasteiger partial charge is 0.497 e. The van der Waals surface area contributed by atoms with Gasteiger partial charge < -0.3 is 10.1 Å². The van der Waals surface area contributed by atoms with Crippen LogP contribution in [0.15, 0.2) is 36.4 Å². The Morgan fingerprint density at radius 3 is 2.79 bits per heavy atom. The molecule has 1 heterocycles. The van der Waals surface area contributed by atoms with Gasteiger partial charge in [-0.05, 0) is 54.8 Å². The second-order valence-electron chi connectivity index (χ2n) is 5.56. The maximum absolute atomic E-state index is 6.24. The smallest absolute Gasteiger partial charge is 0.188 e. The third-order valence-corrected chi connectivity index (χ3v) is 5.64. The minimum Gasteiger partial charge on any atom is -0.497 e. The van der Waals surface area contributed by atoms with Gasteiger partial charge in [-0.2, -0.15) is 0 Å². The lowest BCUT2D eigenvalue weighted by Gasteiger charge is -2.15. The zero-order valence-corrected chi connectivity index (χ0v) is 15.2. The van der Waals surface area contributed by atoms with Crippen LogP contribution in [0.1, 0.15) is 10.4 Å². The number of hydrogen-bond acceptors (Lipinski definition) is 4. The van der Waals surface area contributed by atoms with Crippen LogP contribution in [0.3, 0.4) is 0 Å². The van der Waals surface area contributed by atoms with Crippen molar-refractivity contribution < 1.29 is 4.74 Å². The standard InChI is InChI=1S/C18H14Cl2N2OS/c1-23-12-4-5-13-10(8-12)2-7-16-17(13)22-18(24-16)21-15-6-3-11(19)9-14(15)20/h3-6,8-9H,2,7H2,1H3,(H,21,22). The molecule has 3 nitrogen and oxygen atoms in total. The quantitative estimate of drug-likeness (QED) is 0.611. The van der Waals surface area contributed by atoms with E-state index >= 15 is 0 Å². The van der Waals surface area contributed by atoms with Crippen LogP contribution in [0.2, 0.25) is 10.0 Å². The third-order valence-electron chi connectivity index (χ3n) is 4.06. The van der Waals surface area contributed by atoms with Crippen molar-refractivity contribution in [2.75, 3.05) is 12.4 Å². The number of anilines is 2. The van der Waals surface area contributed by atoms with Crippen molar-refractivity contribution in [2.45, 2.75) is 12.8 Å². The Labute approximate surface area is 154 Å². The zero-order valence-electron chi connectivity index (χ0n) is 12.9. The average molecular weight is 377 g/mol. The molecule has 0 atom stereocenters. The Balaban J connectivity index is 1.68. The molecule has 2 aromatic carbocycles. The lowest BCUT2D eigenvalue weighted by atomic mass is 9.93. The van der Waals surface area contributed by atoms with Gasteiger partial charge in [0.2, 0.25) is 0 Å². The summed E-state index contributed by atoms with van der Waals surface area (Å²) in [6.07, 6.45) is 1.99. The highest BCUT2D eigenvalue weighted by Crippen LogP contribution is 2.40. The minimum atomic E-state index is 0.584. The summed E-state index contributed by atoms with van der Waals surface area (Å²) in [4.78, 5) is 6.07. The monoisotopic (exact) mass is 376 g/mol. The molecule has 0 spiro atoms.